The van der Waals surface area contributed by atoms with E-state index in [2.05, 4.69) is 0 Å². The Labute approximate surface area is 87.1 Å². The number of nitro groups is 1. The van der Waals surface area contributed by atoms with E-state index in [1.165, 1.54) is 0 Å². The lowest BCUT2D eigenvalue weighted by Gasteiger charge is -2.03. The minimum Gasteiger partial charge on any atom is -0.508 e. The minimum atomic E-state index is -1.47. The second-order valence-electron chi connectivity index (χ2n) is 3.32. The molecule has 1 rings (SSSR count). The van der Waals surface area contributed by atoms with Crippen molar-refractivity contribution in [3.05, 3.63) is 39.9 Å². The molecule has 2 N–H and O–H groups in total. The van der Waals surface area contributed by atoms with Crippen molar-refractivity contribution in [1.82, 2.24) is 0 Å². The van der Waals surface area contributed by atoms with E-state index in [1.807, 2.05) is 0 Å². The normalized spacial score (nSPS) is 12.3. The van der Waals surface area contributed by atoms with Gasteiger partial charge in [-0.1, -0.05) is 12.1 Å². The molecule has 5 nitrogen and oxygen atoms in total. The number of nitrogens with zero attached hydrogens (tertiary/aromatic N) is 1. The van der Waals surface area contributed by atoms with Crippen molar-refractivity contribution >= 4 is 0 Å². The van der Waals surface area contributed by atoms with Crippen molar-refractivity contribution in [2.75, 3.05) is 0 Å². The highest BCUT2D eigenvalue weighted by atomic mass is 16.7. The first kappa shape index (κ1) is 11.5. The van der Waals surface area contributed by atoms with Crippen LogP contribution in [0, 0.1) is 10.1 Å². The molecule has 0 saturated carbocycles. The fraction of sp³-hybridized carbons (Fsp3) is 0.400. The van der Waals surface area contributed by atoms with Crippen LogP contribution in [0.15, 0.2) is 24.3 Å². The summed E-state index contributed by atoms with van der Waals surface area (Å²) < 4.78 is 0. The molecule has 0 heterocycles. The third-order valence-electron chi connectivity index (χ3n) is 2.11. The Morgan fingerprint density at radius 1 is 1.33 bits per heavy atom. The number of aromatic hydroxyl groups is 1. The molecule has 0 saturated heterocycles. The van der Waals surface area contributed by atoms with Gasteiger partial charge in [0.1, 0.15) is 5.75 Å². The molecule has 0 bridgehead atoms. The summed E-state index contributed by atoms with van der Waals surface area (Å²) in [6.07, 6.45) is -0.117. The lowest BCUT2D eigenvalue weighted by Crippen LogP contribution is -2.18. The SMILES string of the molecule is O=[N+]([O-])C(O)CCCc1ccc(O)cc1. The monoisotopic (exact) mass is 211 g/mol. The molecule has 0 fully saturated rings. The van der Waals surface area contributed by atoms with E-state index in [0.29, 0.717) is 12.8 Å². The maximum Gasteiger partial charge on any atom is 0.313 e. The Morgan fingerprint density at radius 2 is 1.93 bits per heavy atom. The maximum absolute atomic E-state index is 10.1. The molecule has 1 aromatic carbocycles. The molecule has 0 aliphatic carbocycles. The molecule has 0 spiro atoms. The molecular formula is C10H13NO4. The first-order chi connectivity index (χ1) is 7.09. The zero-order valence-corrected chi connectivity index (χ0v) is 8.17. The maximum atomic E-state index is 10.1. The molecule has 0 radical (unpaired) electrons. The molecule has 15 heavy (non-hydrogen) atoms. The number of aliphatic hydroxyl groups is 1. The fourth-order valence-electron chi connectivity index (χ4n) is 1.26. The van der Waals surface area contributed by atoms with Crippen LogP contribution in [0.1, 0.15) is 18.4 Å². The summed E-state index contributed by atoms with van der Waals surface area (Å²) in [7, 11) is 0. The van der Waals surface area contributed by atoms with Gasteiger partial charge in [-0.3, -0.25) is 10.1 Å². The van der Waals surface area contributed by atoms with Crippen molar-refractivity contribution < 1.29 is 15.1 Å². The number of rotatable bonds is 5. The number of phenolic OH excluding ortho intramolecular Hbond substituents is 1. The largest absolute Gasteiger partial charge is 0.508 e. The predicted octanol–water partition coefficient (Wildman–Crippen LogP) is 1.31. The molecule has 0 aliphatic heterocycles. The number of phenols is 1. The van der Waals surface area contributed by atoms with Gasteiger partial charge in [0.05, 0.1) is 4.92 Å². The summed E-state index contributed by atoms with van der Waals surface area (Å²) in [4.78, 5) is 9.41. The average Bonchev–Trinajstić information content (AvgIpc) is 2.20. The van der Waals surface area contributed by atoms with Crippen LogP contribution in [0.3, 0.4) is 0 Å². The van der Waals surface area contributed by atoms with E-state index in [4.69, 9.17) is 10.2 Å². The van der Waals surface area contributed by atoms with Gasteiger partial charge in [0.25, 0.3) is 0 Å². The highest BCUT2D eigenvalue weighted by Crippen LogP contribution is 2.12. The number of hydrogen-bond donors (Lipinski definition) is 2. The van der Waals surface area contributed by atoms with Gasteiger partial charge < -0.3 is 10.2 Å². The van der Waals surface area contributed by atoms with Gasteiger partial charge >= 0.3 is 6.23 Å². The highest BCUT2D eigenvalue weighted by Gasteiger charge is 2.13. The Kier molecular flexibility index (Phi) is 4.05. The third-order valence-corrected chi connectivity index (χ3v) is 2.11. The Bertz CT molecular complexity index is 323. The fourth-order valence-corrected chi connectivity index (χ4v) is 1.26. The van der Waals surface area contributed by atoms with Crippen LogP contribution in [0.25, 0.3) is 0 Å². The number of aliphatic hydroxyl groups excluding tert-OH is 1. The van der Waals surface area contributed by atoms with Gasteiger partial charge in [-0.05, 0) is 30.5 Å². The summed E-state index contributed by atoms with van der Waals surface area (Å²) in [5.41, 5.74) is 0.989. The van der Waals surface area contributed by atoms with Crippen LogP contribution in [0.4, 0.5) is 0 Å². The molecule has 0 aliphatic rings. The number of benzene rings is 1. The zero-order chi connectivity index (χ0) is 11.3. The average molecular weight is 211 g/mol. The van der Waals surface area contributed by atoms with Gasteiger partial charge in [-0.2, -0.15) is 0 Å². The lowest BCUT2D eigenvalue weighted by molar-refractivity contribution is -0.571. The van der Waals surface area contributed by atoms with Crippen LogP contribution in [0.2, 0.25) is 0 Å². The first-order valence-electron chi connectivity index (χ1n) is 4.69. The zero-order valence-electron chi connectivity index (χ0n) is 8.17. The topological polar surface area (TPSA) is 83.6 Å². The van der Waals surface area contributed by atoms with E-state index in [1.54, 1.807) is 24.3 Å². The molecule has 1 unspecified atom stereocenters. The van der Waals surface area contributed by atoms with Crippen LogP contribution < -0.4 is 0 Å². The summed E-state index contributed by atoms with van der Waals surface area (Å²) in [6.45, 7) is 0. The van der Waals surface area contributed by atoms with E-state index in [0.717, 1.165) is 5.56 Å². The van der Waals surface area contributed by atoms with E-state index in [9.17, 15) is 10.1 Å². The summed E-state index contributed by atoms with van der Waals surface area (Å²) in [6, 6.07) is 6.65. The smallest absolute Gasteiger partial charge is 0.313 e. The number of aryl methyl sites for hydroxylation is 1. The van der Waals surface area contributed by atoms with Gasteiger partial charge in [0, 0.05) is 6.42 Å². The molecule has 82 valence electrons. The Balaban J connectivity index is 2.32. The quantitative estimate of drug-likeness (QED) is 0.437. The van der Waals surface area contributed by atoms with Crippen molar-refractivity contribution in [3.8, 4) is 5.75 Å². The summed E-state index contributed by atoms with van der Waals surface area (Å²) in [5.74, 6) is 0.198. The Hall–Kier alpha value is -1.62. The highest BCUT2D eigenvalue weighted by molar-refractivity contribution is 5.25. The molecule has 0 aromatic heterocycles. The standard InChI is InChI=1S/C10H13NO4/c12-9-6-4-8(5-7-9)2-1-3-10(13)11(14)15/h4-7,10,12-13H,1-3H2. The molecule has 1 aromatic rings. The van der Waals surface area contributed by atoms with Crippen LogP contribution in [0.5, 0.6) is 5.75 Å². The van der Waals surface area contributed by atoms with Gasteiger partial charge in [-0.15, -0.1) is 0 Å². The number of hydrogen-bond acceptors (Lipinski definition) is 4. The van der Waals surface area contributed by atoms with E-state index < -0.39 is 11.2 Å². The molecular weight excluding hydrogens is 198 g/mol. The second kappa shape index (κ2) is 5.31. The van der Waals surface area contributed by atoms with E-state index in [-0.39, 0.29) is 12.2 Å². The van der Waals surface area contributed by atoms with Crippen molar-refractivity contribution in [1.29, 1.82) is 0 Å². The van der Waals surface area contributed by atoms with Crippen molar-refractivity contribution in [3.63, 3.8) is 0 Å². The first-order valence-corrected chi connectivity index (χ1v) is 4.69. The van der Waals surface area contributed by atoms with Crippen molar-refractivity contribution in [2.45, 2.75) is 25.5 Å². The van der Waals surface area contributed by atoms with Gasteiger partial charge in [0.2, 0.25) is 0 Å². The summed E-state index contributed by atoms with van der Waals surface area (Å²) in [5, 5.41) is 28.0. The summed E-state index contributed by atoms with van der Waals surface area (Å²) >= 11 is 0. The third kappa shape index (κ3) is 3.95. The second-order valence-corrected chi connectivity index (χ2v) is 3.32. The van der Waals surface area contributed by atoms with Gasteiger partial charge in [-0.25, -0.2) is 0 Å². The van der Waals surface area contributed by atoms with Crippen molar-refractivity contribution in [2.24, 2.45) is 0 Å². The van der Waals surface area contributed by atoms with E-state index >= 15 is 0 Å². The van der Waals surface area contributed by atoms with Crippen LogP contribution >= 0.6 is 0 Å². The van der Waals surface area contributed by atoms with Crippen LogP contribution in [-0.4, -0.2) is 21.4 Å². The molecule has 5 heteroatoms. The van der Waals surface area contributed by atoms with Gasteiger partial charge in [0.15, 0.2) is 0 Å². The lowest BCUT2D eigenvalue weighted by atomic mass is 10.1. The molecule has 1 atom stereocenters. The molecule has 0 amide bonds. The van der Waals surface area contributed by atoms with Crippen LogP contribution in [-0.2, 0) is 6.42 Å². The Morgan fingerprint density at radius 3 is 2.47 bits per heavy atom. The minimum absolute atomic E-state index is 0.147. The predicted molar refractivity (Wildman–Crippen MR) is 54.0 cm³/mol.